The van der Waals surface area contributed by atoms with Crippen LogP contribution in [0.1, 0.15) is 35.2 Å². The minimum atomic E-state index is -3.65. The van der Waals surface area contributed by atoms with Crippen LogP contribution < -0.4 is 0 Å². The highest BCUT2D eigenvalue weighted by molar-refractivity contribution is 7.91. The van der Waals surface area contributed by atoms with E-state index in [1.54, 1.807) is 6.92 Å². The van der Waals surface area contributed by atoms with Crippen molar-refractivity contribution in [2.75, 3.05) is 26.1 Å². The van der Waals surface area contributed by atoms with Gasteiger partial charge in [0.05, 0.1) is 29.9 Å². The van der Waals surface area contributed by atoms with Gasteiger partial charge >= 0.3 is 5.97 Å². The van der Waals surface area contributed by atoms with E-state index in [0.717, 1.165) is 19.3 Å². The smallest absolute Gasteiger partial charge is 0.337 e. The van der Waals surface area contributed by atoms with E-state index in [1.165, 1.54) is 19.2 Å². The van der Waals surface area contributed by atoms with E-state index >= 15 is 0 Å². The van der Waals surface area contributed by atoms with Crippen LogP contribution in [-0.4, -0.2) is 46.8 Å². The molecule has 0 radical (unpaired) electrons. The lowest BCUT2D eigenvalue weighted by Crippen LogP contribution is -2.25. The number of halogens is 1. The predicted molar refractivity (Wildman–Crippen MR) is 89.1 cm³/mol. The molecule has 1 aliphatic heterocycles. The van der Waals surface area contributed by atoms with Gasteiger partial charge in [-0.05, 0) is 43.9 Å². The number of hydrogen-bond acceptors (Lipinski definition) is 6. The maximum absolute atomic E-state index is 12.6. The van der Waals surface area contributed by atoms with Gasteiger partial charge in [-0.15, -0.1) is 0 Å². The third-order valence-corrected chi connectivity index (χ3v) is 6.04. The Labute approximate surface area is 147 Å². The summed E-state index contributed by atoms with van der Waals surface area (Å²) in [5.74, 6) is -0.852. The molecule has 1 aromatic rings. The number of esters is 1. The lowest BCUT2D eigenvalue weighted by Gasteiger charge is -2.22. The molecular formula is C16H21ClO6S. The van der Waals surface area contributed by atoms with E-state index in [-0.39, 0.29) is 34.1 Å². The molecule has 2 rings (SSSR count). The zero-order chi connectivity index (χ0) is 17.7. The van der Waals surface area contributed by atoms with Crippen LogP contribution in [0.5, 0.6) is 0 Å². The van der Waals surface area contributed by atoms with Crippen molar-refractivity contribution in [3.63, 3.8) is 0 Å². The van der Waals surface area contributed by atoms with Crippen LogP contribution in [0.15, 0.2) is 17.0 Å². The van der Waals surface area contributed by atoms with Gasteiger partial charge in [-0.25, -0.2) is 13.2 Å². The van der Waals surface area contributed by atoms with Crippen molar-refractivity contribution >= 4 is 27.4 Å². The van der Waals surface area contributed by atoms with Crippen LogP contribution in [0.2, 0.25) is 5.02 Å². The highest BCUT2D eigenvalue weighted by Gasteiger charge is 2.23. The number of sulfone groups is 1. The van der Waals surface area contributed by atoms with Gasteiger partial charge in [0, 0.05) is 11.6 Å². The van der Waals surface area contributed by atoms with E-state index in [4.69, 9.17) is 21.1 Å². The zero-order valence-electron chi connectivity index (χ0n) is 13.7. The van der Waals surface area contributed by atoms with Crippen molar-refractivity contribution in [2.24, 2.45) is 0 Å². The molecule has 0 bridgehead atoms. The molecule has 1 aromatic carbocycles. The Morgan fingerprint density at radius 2 is 2.12 bits per heavy atom. The number of benzene rings is 1. The van der Waals surface area contributed by atoms with Gasteiger partial charge in [0.15, 0.2) is 16.1 Å². The second kappa shape index (κ2) is 8.29. The van der Waals surface area contributed by atoms with Gasteiger partial charge in [-0.3, -0.25) is 0 Å². The van der Waals surface area contributed by atoms with E-state index in [1.807, 2.05) is 0 Å². The molecular weight excluding hydrogens is 356 g/mol. The first-order chi connectivity index (χ1) is 11.3. The molecule has 134 valence electrons. The average molecular weight is 377 g/mol. The van der Waals surface area contributed by atoms with Gasteiger partial charge in [-0.2, -0.15) is 0 Å². The zero-order valence-corrected chi connectivity index (χ0v) is 15.3. The molecule has 0 aromatic heterocycles. The average Bonchev–Trinajstić information content (AvgIpc) is 2.57. The summed E-state index contributed by atoms with van der Waals surface area (Å²) < 4.78 is 40.7. The van der Waals surface area contributed by atoms with Gasteiger partial charge in [0.25, 0.3) is 0 Å². The summed E-state index contributed by atoms with van der Waals surface area (Å²) in [5, 5.41) is 0.202. The molecule has 1 aliphatic rings. The number of carbonyl (C=O) groups is 1. The molecule has 8 heteroatoms. The van der Waals surface area contributed by atoms with Crippen LogP contribution >= 0.6 is 11.6 Å². The van der Waals surface area contributed by atoms with E-state index in [9.17, 15) is 13.2 Å². The van der Waals surface area contributed by atoms with E-state index < -0.39 is 15.8 Å². The van der Waals surface area contributed by atoms with Crippen LogP contribution in [0.3, 0.4) is 0 Å². The van der Waals surface area contributed by atoms with Crippen LogP contribution in [-0.2, 0) is 24.0 Å². The third kappa shape index (κ3) is 4.69. The molecule has 0 amide bonds. The molecule has 1 heterocycles. The maximum atomic E-state index is 12.6. The SMILES string of the molecule is COC(=O)c1cc(Cl)c(C)c(S(=O)(=O)CCOC2CCCCO2)c1. The van der Waals surface area contributed by atoms with Crippen molar-refractivity contribution in [1.29, 1.82) is 0 Å². The normalized spacial score (nSPS) is 18.4. The van der Waals surface area contributed by atoms with Crippen LogP contribution in [0.25, 0.3) is 0 Å². The summed E-state index contributed by atoms with van der Waals surface area (Å²) in [6, 6.07) is 2.69. The number of hydrogen-bond donors (Lipinski definition) is 0. The van der Waals surface area contributed by atoms with Gasteiger partial charge < -0.3 is 14.2 Å². The van der Waals surface area contributed by atoms with Crippen LogP contribution in [0, 0.1) is 6.92 Å². The first-order valence-electron chi connectivity index (χ1n) is 7.69. The van der Waals surface area contributed by atoms with E-state index in [0.29, 0.717) is 12.2 Å². The van der Waals surface area contributed by atoms with Crippen molar-refractivity contribution in [3.05, 3.63) is 28.3 Å². The van der Waals surface area contributed by atoms with Gasteiger partial charge in [0.1, 0.15) is 0 Å². The summed E-state index contributed by atoms with van der Waals surface area (Å²) in [7, 11) is -2.43. The quantitative estimate of drug-likeness (QED) is 0.710. The maximum Gasteiger partial charge on any atom is 0.337 e. The third-order valence-electron chi connectivity index (χ3n) is 3.85. The van der Waals surface area contributed by atoms with Gasteiger partial charge in [0.2, 0.25) is 0 Å². The number of rotatable bonds is 6. The molecule has 0 saturated carbocycles. The minimum absolute atomic E-state index is 0.0172. The highest BCUT2D eigenvalue weighted by Crippen LogP contribution is 2.27. The van der Waals surface area contributed by atoms with Crippen molar-refractivity contribution in [1.82, 2.24) is 0 Å². The molecule has 0 spiro atoms. The Balaban J connectivity index is 2.12. The number of carbonyl (C=O) groups excluding carboxylic acids is 1. The summed E-state index contributed by atoms with van der Waals surface area (Å²) in [6.07, 6.45) is 2.42. The minimum Gasteiger partial charge on any atom is -0.465 e. The highest BCUT2D eigenvalue weighted by atomic mass is 35.5. The Morgan fingerprint density at radius 3 is 2.75 bits per heavy atom. The predicted octanol–water partition coefficient (Wildman–Crippen LogP) is 2.75. The first-order valence-corrected chi connectivity index (χ1v) is 9.72. The molecule has 0 aliphatic carbocycles. The summed E-state index contributed by atoms with van der Waals surface area (Å²) in [4.78, 5) is 11.7. The molecule has 6 nitrogen and oxygen atoms in total. The summed E-state index contributed by atoms with van der Waals surface area (Å²) >= 11 is 6.06. The lowest BCUT2D eigenvalue weighted by molar-refractivity contribution is -0.158. The summed E-state index contributed by atoms with van der Waals surface area (Å²) in [5.41, 5.74) is 0.501. The fourth-order valence-corrected chi connectivity index (χ4v) is 4.15. The Bertz CT molecular complexity index is 695. The molecule has 1 atom stereocenters. The standard InChI is InChI=1S/C16H21ClO6S/c1-11-13(17)9-12(16(18)21-2)10-14(11)24(19,20)8-7-23-15-5-3-4-6-22-15/h9-10,15H,3-8H2,1-2H3. The largest absolute Gasteiger partial charge is 0.465 e. The number of methoxy groups -OCH3 is 1. The molecule has 1 fully saturated rings. The molecule has 0 N–H and O–H groups in total. The van der Waals surface area contributed by atoms with Crippen molar-refractivity contribution in [2.45, 2.75) is 37.4 Å². The fourth-order valence-electron chi connectivity index (χ4n) is 2.45. The van der Waals surface area contributed by atoms with E-state index in [2.05, 4.69) is 4.74 Å². The second-order valence-electron chi connectivity index (χ2n) is 5.56. The Hall–Kier alpha value is -1.15. The monoisotopic (exact) mass is 376 g/mol. The van der Waals surface area contributed by atoms with Gasteiger partial charge in [-0.1, -0.05) is 11.6 Å². The van der Waals surface area contributed by atoms with Crippen LogP contribution in [0.4, 0.5) is 0 Å². The Kier molecular flexibility index (Phi) is 6.62. The lowest BCUT2D eigenvalue weighted by atomic mass is 10.1. The molecule has 1 unspecified atom stereocenters. The van der Waals surface area contributed by atoms with Crippen molar-refractivity contribution < 1.29 is 27.4 Å². The van der Waals surface area contributed by atoms with Crippen molar-refractivity contribution in [3.8, 4) is 0 Å². The molecule has 24 heavy (non-hydrogen) atoms. The number of ether oxygens (including phenoxy) is 3. The summed E-state index contributed by atoms with van der Waals surface area (Å²) in [6.45, 7) is 2.25. The fraction of sp³-hybridized carbons (Fsp3) is 0.562. The topological polar surface area (TPSA) is 78.9 Å². The molecule has 1 saturated heterocycles. The first kappa shape index (κ1) is 19.2. The second-order valence-corrected chi connectivity index (χ2v) is 8.04. The Morgan fingerprint density at radius 1 is 1.38 bits per heavy atom.